The smallest absolute Gasteiger partial charge is 0.250 e. The number of anilines is 1. The molecule has 0 saturated heterocycles. The van der Waals surface area contributed by atoms with Gasteiger partial charge in [-0.2, -0.15) is 0 Å². The highest BCUT2D eigenvalue weighted by Gasteiger charge is 2.27. The summed E-state index contributed by atoms with van der Waals surface area (Å²) >= 11 is 0. The zero-order chi connectivity index (χ0) is 24.4. The van der Waals surface area contributed by atoms with Crippen LogP contribution in [0.2, 0.25) is 0 Å². The van der Waals surface area contributed by atoms with Crippen molar-refractivity contribution >= 4 is 29.4 Å². The van der Waals surface area contributed by atoms with Crippen LogP contribution in [0.25, 0.3) is 16.7 Å². The predicted octanol–water partition coefficient (Wildman–Crippen LogP) is 3.65. The number of carbonyl (C=O) groups excluding carboxylic acids is 2. The number of hydrogen-bond acceptors (Lipinski definition) is 7. The van der Waals surface area contributed by atoms with Crippen LogP contribution in [0.3, 0.4) is 0 Å². The minimum Gasteiger partial charge on any atom is -0.387 e. The van der Waals surface area contributed by atoms with E-state index >= 15 is 0 Å². The van der Waals surface area contributed by atoms with Gasteiger partial charge in [0.1, 0.15) is 5.65 Å². The molecule has 0 aliphatic rings. The number of rotatable bonds is 10. The molecule has 0 radical (unpaired) electrons. The summed E-state index contributed by atoms with van der Waals surface area (Å²) in [4.78, 5) is 28.6. The molecule has 4 rings (SSSR count). The van der Waals surface area contributed by atoms with Crippen molar-refractivity contribution in [2.45, 2.75) is 25.2 Å². The fourth-order valence-corrected chi connectivity index (χ4v) is 3.16. The third-order valence-corrected chi connectivity index (χ3v) is 4.95. The van der Waals surface area contributed by atoms with Crippen molar-refractivity contribution in [3.63, 3.8) is 0 Å². The fraction of sp³-hybridized carbons (Fsp3) is 0.261. The topological polar surface area (TPSA) is 115 Å². The Balaban J connectivity index is 0.000000396. The van der Waals surface area contributed by atoms with Crippen molar-refractivity contribution in [1.29, 1.82) is 0 Å². The molecule has 4 aromatic heterocycles. The maximum Gasteiger partial charge on any atom is 0.250 e. The van der Waals surface area contributed by atoms with E-state index < -0.39 is 5.92 Å². The van der Waals surface area contributed by atoms with Crippen molar-refractivity contribution in [1.82, 2.24) is 25.0 Å². The predicted molar refractivity (Wildman–Crippen MR) is 122 cm³/mol. The summed E-state index contributed by atoms with van der Waals surface area (Å²) < 4.78 is 34.0. The fourth-order valence-electron chi connectivity index (χ4n) is 3.16. The van der Waals surface area contributed by atoms with E-state index in [1.54, 1.807) is 18.6 Å². The van der Waals surface area contributed by atoms with E-state index in [0.717, 1.165) is 28.0 Å². The molecule has 0 aromatic carbocycles. The lowest BCUT2D eigenvalue weighted by atomic mass is 10.0. The molecular formula is C23H24F2N6O3. The number of amides is 1. The average molecular weight is 470 g/mol. The van der Waals surface area contributed by atoms with Crippen molar-refractivity contribution in [3.8, 4) is 5.69 Å². The van der Waals surface area contributed by atoms with Gasteiger partial charge in [0.15, 0.2) is 12.0 Å². The molecule has 2 N–H and O–H groups in total. The number of alkyl halides is 2. The summed E-state index contributed by atoms with van der Waals surface area (Å²) in [5, 5.41) is 9.48. The van der Waals surface area contributed by atoms with E-state index in [1.807, 2.05) is 36.0 Å². The normalized spacial score (nSPS) is 10.9. The first-order valence-corrected chi connectivity index (χ1v) is 10.5. The second-order valence-corrected chi connectivity index (χ2v) is 7.33. The van der Waals surface area contributed by atoms with E-state index in [1.165, 1.54) is 12.3 Å². The molecule has 34 heavy (non-hydrogen) atoms. The number of aldehydes is 1. The molecule has 4 aromatic rings. The van der Waals surface area contributed by atoms with E-state index in [0.29, 0.717) is 12.7 Å². The summed E-state index contributed by atoms with van der Waals surface area (Å²) in [6.45, 7) is -0.0314. The molecule has 4 heterocycles. The lowest BCUT2D eigenvalue weighted by Crippen LogP contribution is -2.24. The van der Waals surface area contributed by atoms with Gasteiger partial charge in [-0.1, -0.05) is 5.16 Å². The van der Waals surface area contributed by atoms with Crippen LogP contribution in [0.5, 0.6) is 0 Å². The first kappa shape index (κ1) is 24.5. The molecule has 0 bridgehead atoms. The number of aromatic nitrogens is 4. The van der Waals surface area contributed by atoms with Crippen LogP contribution in [0.1, 0.15) is 29.0 Å². The van der Waals surface area contributed by atoms with E-state index in [2.05, 4.69) is 30.3 Å². The van der Waals surface area contributed by atoms with E-state index in [9.17, 15) is 18.4 Å². The number of fused-ring (bicyclic) bond motifs is 1. The largest absolute Gasteiger partial charge is 0.387 e. The van der Waals surface area contributed by atoms with Crippen LogP contribution < -0.4 is 10.6 Å². The molecule has 9 nitrogen and oxygen atoms in total. The zero-order valence-corrected chi connectivity index (χ0v) is 18.4. The minimum atomic E-state index is -2.82. The first-order valence-electron chi connectivity index (χ1n) is 10.5. The third-order valence-electron chi connectivity index (χ3n) is 4.95. The van der Waals surface area contributed by atoms with E-state index in [4.69, 9.17) is 0 Å². The van der Waals surface area contributed by atoms with Gasteiger partial charge in [0.05, 0.1) is 30.0 Å². The van der Waals surface area contributed by atoms with Gasteiger partial charge in [0.25, 0.3) is 0 Å². The molecule has 0 aliphatic carbocycles. The average Bonchev–Trinajstić information content (AvgIpc) is 3.53. The van der Waals surface area contributed by atoms with Crippen LogP contribution in [0.4, 0.5) is 14.5 Å². The molecule has 0 unspecified atom stereocenters. The number of nitrogens with zero attached hydrogens (tertiary/aromatic N) is 4. The summed E-state index contributed by atoms with van der Waals surface area (Å²) in [6.07, 6.45) is 9.01. The van der Waals surface area contributed by atoms with Gasteiger partial charge in [-0.15, -0.1) is 0 Å². The summed E-state index contributed by atoms with van der Waals surface area (Å²) in [5.74, 6) is -2.56. The first-order chi connectivity index (χ1) is 16.5. The SMILES string of the molecule is CNc1cncc(-n2ccc3cc(CCC(F)(F)CCNC=O)cnc32)c1.O=Cc1ccno1. The lowest BCUT2D eigenvalue weighted by Gasteiger charge is -2.15. The van der Waals surface area contributed by atoms with Gasteiger partial charge in [0, 0.05) is 50.3 Å². The summed E-state index contributed by atoms with van der Waals surface area (Å²) in [7, 11) is 1.82. The molecule has 11 heteroatoms. The van der Waals surface area contributed by atoms with Gasteiger partial charge in [-0.05, 0) is 30.2 Å². The molecule has 0 spiro atoms. The number of halogens is 2. The second-order valence-electron chi connectivity index (χ2n) is 7.33. The molecule has 0 fully saturated rings. The Labute approximate surface area is 194 Å². The van der Waals surface area contributed by atoms with Gasteiger partial charge in [-0.3, -0.25) is 19.1 Å². The molecule has 1 amide bonds. The number of carbonyl (C=O) groups is 2. The molecule has 0 aliphatic heterocycles. The minimum absolute atomic E-state index is 0.0314. The molecular weight excluding hydrogens is 446 g/mol. The highest BCUT2D eigenvalue weighted by molar-refractivity contribution is 5.78. The number of nitrogens with one attached hydrogen (secondary N) is 2. The lowest BCUT2D eigenvalue weighted by molar-refractivity contribution is -0.109. The Bertz CT molecular complexity index is 1210. The monoisotopic (exact) mass is 470 g/mol. The molecule has 178 valence electrons. The van der Waals surface area contributed by atoms with Crippen molar-refractivity contribution in [2.75, 3.05) is 18.9 Å². The quantitative estimate of drug-likeness (QED) is 0.269. The van der Waals surface area contributed by atoms with Crippen LogP contribution in [-0.2, 0) is 11.2 Å². The van der Waals surface area contributed by atoms with Crippen molar-refractivity contribution < 1.29 is 22.9 Å². The van der Waals surface area contributed by atoms with Gasteiger partial charge >= 0.3 is 0 Å². The maximum absolute atomic E-state index is 13.9. The standard InChI is InChI=1S/C19H21F2N5O.C4H3NO2/c1-22-16-9-17(12-24-11-16)26-7-3-15-8-14(10-25-18(15)26)2-4-19(20,21)5-6-23-13-27;6-3-4-1-2-5-7-4/h3,7-13,22H,2,4-6H2,1H3,(H,23,27);1-3H. The number of hydrogen-bond donors (Lipinski definition) is 2. The molecule has 0 atom stereocenters. The maximum atomic E-state index is 13.9. The summed E-state index contributed by atoms with van der Waals surface area (Å²) in [5.41, 5.74) is 3.25. The van der Waals surface area contributed by atoms with Crippen molar-refractivity contribution in [2.24, 2.45) is 0 Å². The van der Waals surface area contributed by atoms with Gasteiger partial charge < -0.3 is 15.2 Å². The van der Waals surface area contributed by atoms with Crippen LogP contribution in [0, 0.1) is 0 Å². The number of aryl methyl sites for hydroxylation is 1. The van der Waals surface area contributed by atoms with Crippen LogP contribution >= 0.6 is 0 Å². The summed E-state index contributed by atoms with van der Waals surface area (Å²) in [6, 6.07) is 7.24. The zero-order valence-electron chi connectivity index (χ0n) is 18.4. The Morgan fingerprint density at radius 3 is 2.68 bits per heavy atom. The number of pyridine rings is 2. The van der Waals surface area contributed by atoms with Gasteiger partial charge in [0.2, 0.25) is 12.3 Å². The van der Waals surface area contributed by atoms with E-state index in [-0.39, 0.29) is 31.6 Å². The van der Waals surface area contributed by atoms with Crippen LogP contribution in [0.15, 0.2) is 59.8 Å². The third kappa shape index (κ3) is 6.67. The highest BCUT2D eigenvalue weighted by atomic mass is 19.3. The van der Waals surface area contributed by atoms with Gasteiger partial charge in [-0.25, -0.2) is 13.8 Å². The second kappa shape index (κ2) is 11.6. The Kier molecular flexibility index (Phi) is 8.38. The Hall–Kier alpha value is -4.15. The Morgan fingerprint density at radius 1 is 1.15 bits per heavy atom. The molecule has 0 saturated carbocycles. The highest BCUT2D eigenvalue weighted by Crippen LogP contribution is 2.26. The van der Waals surface area contributed by atoms with Crippen molar-refractivity contribution in [3.05, 3.63) is 66.6 Å². The Morgan fingerprint density at radius 2 is 2.00 bits per heavy atom. The van der Waals surface area contributed by atoms with Crippen LogP contribution in [-0.4, -0.2) is 51.9 Å².